The summed E-state index contributed by atoms with van der Waals surface area (Å²) in [5.74, 6) is 0.372. The van der Waals surface area contributed by atoms with Crippen molar-refractivity contribution in [3.63, 3.8) is 0 Å². The minimum atomic E-state index is -0.101. The summed E-state index contributed by atoms with van der Waals surface area (Å²) in [7, 11) is 0. The average molecular weight is 345 g/mol. The first kappa shape index (κ1) is 17.7. The predicted molar refractivity (Wildman–Crippen MR) is 95.2 cm³/mol. The number of nitrogens with zero attached hydrogens (tertiary/aromatic N) is 2. The number of rotatable bonds is 6. The lowest BCUT2D eigenvalue weighted by Gasteiger charge is -2.34. The van der Waals surface area contributed by atoms with Crippen LogP contribution in [0, 0.1) is 0 Å². The maximum Gasteiger partial charge on any atom is 0.289 e. The molecular formula is C19H27N3O3. The molecule has 0 bridgehead atoms. The normalized spacial score (nSPS) is 18.2. The van der Waals surface area contributed by atoms with Crippen LogP contribution in [0.1, 0.15) is 42.7 Å². The molecule has 2 amide bonds. The number of carbonyl (C=O) groups is 2. The van der Waals surface area contributed by atoms with Gasteiger partial charge in [-0.3, -0.25) is 9.59 Å². The number of nitrogens with one attached hydrogen (secondary N) is 1. The molecule has 1 aromatic rings. The van der Waals surface area contributed by atoms with Crippen molar-refractivity contribution < 1.29 is 14.0 Å². The van der Waals surface area contributed by atoms with E-state index in [1.165, 1.54) is 37.5 Å². The summed E-state index contributed by atoms with van der Waals surface area (Å²) in [6.45, 7) is 3.50. The molecule has 1 N–H and O–H groups in total. The van der Waals surface area contributed by atoms with Crippen molar-refractivity contribution in [2.75, 3.05) is 39.3 Å². The predicted octanol–water partition coefficient (Wildman–Crippen LogP) is 2.04. The van der Waals surface area contributed by atoms with E-state index in [2.05, 4.69) is 11.4 Å². The highest BCUT2D eigenvalue weighted by Crippen LogP contribution is 2.19. The van der Waals surface area contributed by atoms with Crippen LogP contribution in [0.15, 0.2) is 34.5 Å². The van der Waals surface area contributed by atoms with E-state index in [9.17, 15) is 9.59 Å². The standard InChI is InChI=1S/C19H27N3O3/c23-18(15-20-9-8-16-5-2-1-3-6-16)21-10-12-22(13-11-21)19(24)17-7-4-14-25-17/h4-5,7,14,20H,1-3,6,8-13,15H2. The van der Waals surface area contributed by atoms with Gasteiger partial charge >= 0.3 is 0 Å². The van der Waals surface area contributed by atoms with E-state index in [1.54, 1.807) is 17.0 Å². The van der Waals surface area contributed by atoms with Gasteiger partial charge in [-0.15, -0.1) is 0 Å². The minimum Gasteiger partial charge on any atom is -0.459 e. The molecule has 1 fully saturated rings. The summed E-state index contributed by atoms with van der Waals surface area (Å²) in [6.07, 6.45) is 9.91. The summed E-state index contributed by atoms with van der Waals surface area (Å²) in [5.41, 5.74) is 1.52. The van der Waals surface area contributed by atoms with Crippen LogP contribution in [0.2, 0.25) is 0 Å². The van der Waals surface area contributed by atoms with Crippen LogP contribution in [-0.4, -0.2) is 60.9 Å². The first-order valence-corrected chi connectivity index (χ1v) is 9.23. The molecule has 1 saturated heterocycles. The zero-order valence-electron chi connectivity index (χ0n) is 14.7. The largest absolute Gasteiger partial charge is 0.459 e. The Labute approximate surface area is 148 Å². The van der Waals surface area contributed by atoms with Crippen molar-refractivity contribution in [3.05, 3.63) is 35.8 Å². The Hall–Kier alpha value is -2.08. The van der Waals surface area contributed by atoms with Crippen LogP contribution in [0.25, 0.3) is 0 Å². The van der Waals surface area contributed by atoms with Gasteiger partial charge in [0.05, 0.1) is 12.8 Å². The molecule has 0 saturated carbocycles. The van der Waals surface area contributed by atoms with Crippen LogP contribution < -0.4 is 5.32 Å². The highest BCUT2D eigenvalue weighted by atomic mass is 16.3. The van der Waals surface area contributed by atoms with Crippen LogP contribution in [0.4, 0.5) is 0 Å². The first-order valence-electron chi connectivity index (χ1n) is 9.23. The second-order valence-corrected chi connectivity index (χ2v) is 6.69. The lowest BCUT2D eigenvalue weighted by Crippen LogP contribution is -2.52. The second-order valence-electron chi connectivity index (χ2n) is 6.69. The van der Waals surface area contributed by atoms with Crippen molar-refractivity contribution in [1.82, 2.24) is 15.1 Å². The molecule has 0 spiro atoms. The topological polar surface area (TPSA) is 65.8 Å². The van der Waals surface area contributed by atoms with Crippen molar-refractivity contribution >= 4 is 11.8 Å². The Morgan fingerprint density at radius 1 is 1.12 bits per heavy atom. The third-order valence-corrected chi connectivity index (χ3v) is 4.94. The van der Waals surface area contributed by atoms with E-state index >= 15 is 0 Å². The van der Waals surface area contributed by atoms with Crippen LogP contribution in [0.3, 0.4) is 0 Å². The van der Waals surface area contributed by atoms with Gasteiger partial charge in [0.1, 0.15) is 0 Å². The summed E-state index contributed by atoms with van der Waals surface area (Å²) < 4.78 is 5.15. The van der Waals surface area contributed by atoms with E-state index in [-0.39, 0.29) is 11.8 Å². The van der Waals surface area contributed by atoms with E-state index in [0.29, 0.717) is 38.5 Å². The van der Waals surface area contributed by atoms with Crippen molar-refractivity contribution in [1.29, 1.82) is 0 Å². The smallest absolute Gasteiger partial charge is 0.289 e. The number of furan rings is 1. The molecule has 0 unspecified atom stereocenters. The van der Waals surface area contributed by atoms with E-state index in [4.69, 9.17) is 4.42 Å². The first-order chi connectivity index (χ1) is 12.2. The SMILES string of the molecule is O=C(CNCCC1=CCCCC1)N1CCN(C(=O)c2ccco2)CC1. The molecule has 2 heterocycles. The summed E-state index contributed by atoms with van der Waals surface area (Å²) >= 11 is 0. The molecule has 136 valence electrons. The number of allylic oxidation sites excluding steroid dienone is 1. The lowest BCUT2D eigenvalue weighted by atomic mass is 9.97. The molecule has 1 aliphatic heterocycles. The zero-order valence-corrected chi connectivity index (χ0v) is 14.7. The van der Waals surface area contributed by atoms with Gasteiger partial charge in [0, 0.05) is 26.2 Å². The fourth-order valence-electron chi connectivity index (χ4n) is 3.40. The van der Waals surface area contributed by atoms with Gasteiger partial charge in [0.2, 0.25) is 5.91 Å². The average Bonchev–Trinajstić information content (AvgIpc) is 3.20. The Morgan fingerprint density at radius 3 is 2.60 bits per heavy atom. The van der Waals surface area contributed by atoms with Crippen molar-refractivity contribution in [2.24, 2.45) is 0 Å². The molecule has 0 atom stereocenters. The Kier molecular flexibility index (Phi) is 6.28. The van der Waals surface area contributed by atoms with E-state index in [0.717, 1.165) is 13.0 Å². The third-order valence-electron chi connectivity index (χ3n) is 4.94. The van der Waals surface area contributed by atoms with Gasteiger partial charge < -0.3 is 19.5 Å². The summed E-state index contributed by atoms with van der Waals surface area (Å²) in [6, 6.07) is 3.38. The number of hydrogen-bond acceptors (Lipinski definition) is 4. The molecule has 6 nitrogen and oxygen atoms in total. The van der Waals surface area contributed by atoms with Gasteiger partial charge in [-0.2, -0.15) is 0 Å². The Morgan fingerprint density at radius 2 is 1.92 bits per heavy atom. The Balaban J connectivity index is 1.34. The van der Waals surface area contributed by atoms with Crippen molar-refractivity contribution in [3.8, 4) is 0 Å². The van der Waals surface area contributed by atoms with Crippen molar-refractivity contribution in [2.45, 2.75) is 32.1 Å². The molecule has 0 aromatic carbocycles. The highest BCUT2D eigenvalue weighted by molar-refractivity contribution is 5.91. The Bertz CT molecular complexity index is 601. The number of piperazine rings is 1. The molecule has 6 heteroatoms. The summed E-state index contributed by atoms with van der Waals surface area (Å²) in [5, 5.41) is 3.26. The molecule has 3 rings (SSSR count). The second kappa shape index (κ2) is 8.85. The number of amides is 2. The maximum atomic E-state index is 12.3. The van der Waals surface area contributed by atoms with Crippen LogP contribution in [-0.2, 0) is 4.79 Å². The highest BCUT2D eigenvalue weighted by Gasteiger charge is 2.25. The monoisotopic (exact) mass is 345 g/mol. The van der Waals surface area contributed by atoms with Crippen LogP contribution >= 0.6 is 0 Å². The molecule has 25 heavy (non-hydrogen) atoms. The maximum absolute atomic E-state index is 12.3. The van der Waals surface area contributed by atoms with Gasteiger partial charge in [0.15, 0.2) is 5.76 Å². The fourth-order valence-corrected chi connectivity index (χ4v) is 3.40. The zero-order chi connectivity index (χ0) is 17.5. The number of hydrogen-bond donors (Lipinski definition) is 1. The summed E-state index contributed by atoms with van der Waals surface area (Å²) in [4.78, 5) is 28.1. The van der Waals surface area contributed by atoms with Gasteiger partial charge in [-0.25, -0.2) is 0 Å². The molecule has 2 aliphatic rings. The van der Waals surface area contributed by atoms with E-state index < -0.39 is 0 Å². The van der Waals surface area contributed by atoms with Gasteiger partial charge in [0.25, 0.3) is 5.91 Å². The van der Waals surface area contributed by atoms with Crippen LogP contribution in [0.5, 0.6) is 0 Å². The lowest BCUT2D eigenvalue weighted by molar-refractivity contribution is -0.131. The molecule has 0 radical (unpaired) electrons. The van der Waals surface area contributed by atoms with Gasteiger partial charge in [-0.1, -0.05) is 11.6 Å². The van der Waals surface area contributed by atoms with E-state index in [1.807, 2.05) is 4.90 Å². The fraction of sp³-hybridized carbons (Fsp3) is 0.579. The quantitative estimate of drug-likeness (QED) is 0.633. The minimum absolute atomic E-state index is 0.101. The molecule has 1 aromatic heterocycles. The molecule has 1 aliphatic carbocycles. The van der Waals surface area contributed by atoms with Gasteiger partial charge in [-0.05, 0) is 50.8 Å². The molecular weight excluding hydrogens is 318 g/mol. The third kappa shape index (κ3) is 4.95. The number of carbonyl (C=O) groups excluding carboxylic acids is 2.